The Labute approximate surface area is 164 Å². The van der Waals surface area contributed by atoms with E-state index in [-0.39, 0.29) is 18.6 Å². The Morgan fingerprint density at radius 3 is 2.59 bits per heavy atom. The van der Waals surface area contributed by atoms with Crippen molar-refractivity contribution in [1.29, 1.82) is 0 Å². The van der Waals surface area contributed by atoms with Gasteiger partial charge in [0.15, 0.2) is 0 Å². The smallest absolute Gasteiger partial charge is 0.303 e. The van der Waals surface area contributed by atoms with E-state index in [0.717, 1.165) is 43.7 Å². The summed E-state index contributed by atoms with van der Waals surface area (Å²) in [4.78, 5) is 17.5. The number of ether oxygens (including phenoxy) is 1. The predicted octanol–water partition coefficient (Wildman–Crippen LogP) is 4.17. The average molecular weight is 389 g/mol. The SMILES string of the molecule is O=C(O)CCCN1CCC(O[C@H](c2ccc(Cl)cc2)c2ccccn2)CC1. The van der Waals surface area contributed by atoms with Gasteiger partial charge in [-0.15, -0.1) is 0 Å². The lowest BCUT2D eigenvalue weighted by atomic mass is 10.0. The molecule has 2 heterocycles. The summed E-state index contributed by atoms with van der Waals surface area (Å²) in [6, 6.07) is 13.6. The fraction of sp³-hybridized carbons (Fsp3) is 0.429. The normalized spacial score (nSPS) is 16.9. The van der Waals surface area contributed by atoms with Crippen LogP contribution in [0.4, 0.5) is 0 Å². The van der Waals surface area contributed by atoms with Crippen LogP contribution in [0.2, 0.25) is 5.02 Å². The summed E-state index contributed by atoms with van der Waals surface area (Å²) in [5, 5.41) is 9.47. The monoisotopic (exact) mass is 388 g/mol. The number of carboxylic acid groups (broad SMARTS) is 1. The maximum absolute atomic E-state index is 10.7. The zero-order valence-electron chi connectivity index (χ0n) is 15.3. The summed E-state index contributed by atoms with van der Waals surface area (Å²) in [6.07, 6.45) is 4.52. The van der Waals surface area contributed by atoms with Crippen LogP contribution in [0.5, 0.6) is 0 Å². The van der Waals surface area contributed by atoms with Gasteiger partial charge in [0.25, 0.3) is 0 Å². The van der Waals surface area contributed by atoms with E-state index in [0.29, 0.717) is 11.4 Å². The second kappa shape index (κ2) is 9.83. The molecular formula is C21H25ClN2O3. The van der Waals surface area contributed by atoms with Crippen molar-refractivity contribution in [3.05, 3.63) is 64.9 Å². The molecule has 0 radical (unpaired) electrons. The molecule has 5 nitrogen and oxygen atoms in total. The zero-order valence-corrected chi connectivity index (χ0v) is 16.0. The van der Waals surface area contributed by atoms with Gasteiger partial charge in [-0.25, -0.2) is 0 Å². The number of benzene rings is 1. The molecule has 1 fully saturated rings. The van der Waals surface area contributed by atoms with Gasteiger partial charge in [-0.3, -0.25) is 9.78 Å². The van der Waals surface area contributed by atoms with Crippen LogP contribution in [0.15, 0.2) is 48.7 Å². The number of halogens is 1. The largest absolute Gasteiger partial charge is 0.481 e. The average Bonchev–Trinajstić information content (AvgIpc) is 2.68. The third-order valence-corrected chi connectivity index (χ3v) is 5.11. The summed E-state index contributed by atoms with van der Waals surface area (Å²) in [5.74, 6) is -0.727. The van der Waals surface area contributed by atoms with Crippen molar-refractivity contribution in [2.75, 3.05) is 19.6 Å². The molecule has 0 bridgehead atoms. The Kier molecular flexibility index (Phi) is 7.21. The van der Waals surface area contributed by atoms with Gasteiger partial charge in [-0.1, -0.05) is 29.8 Å². The molecule has 2 aromatic rings. The quantitative estimate of drug-likeness (QED) is 0.735. The maximum Gasteiger partial charge on any atom is 0.303 e. The van der Waals surface area contributed by atoms with Crippen molar-refractivity contribution in [3.8, 4) is 0 Å². The van der Waals surface area contributed by atoms with Crippen LogP contribution >= 0.6 is 11.6 Å². The highest BCUT2D eigenvalue weighted by atomic mass is 35.5. The maximum atomic E-state index is 10.7. The van der Waals surface area contributed by atoms with Crippen molar-refractivity contribution in [3.63, 3.8) is 0 Å². The molecule has 1 aromatic heterocycles. The van der Waals surface area contributed by atoms with E-state index in [1.54, 1.807) is 6.20 Å². The molecule has 1 saturated heterocycles. The minimum atomic E-state index is -0.727. The highest BCUT2D eigenvalue weighted by molar-refractivity contribution is 6.30. The van der Waals surface area contributed by atoms with Crippen LogP contribution in [0, 0.1) is 0 Å². The summed E-state index contributed by atoms with van der Waals surface area (Å²) in [6.45, 7) is 2.69. The van der Waals surface area contributed by atoms with Crippen molar-refractivity contribution < 1.29 is 14.6 Å². The molecule has 27 heavy (non-hydrogen) atoms. The molecule has 1 aliphatic heterocycles. The van der Waals surface area contributed by atoms with E-state index in [2.05, 4.69) is 9.88 Å². The number of piperidine rings is 1. The molecular weight excluding hydrogens is 364 g/mol. The van der Waals surface area contributed by atoms with E-state index >= 15 is 0 Å². The summed E-state index contributed by atoms with van der Waals surface area (Å²) < 4.78 is 6.47. The number of carbonyl (C=O) groups is 1. The standard InChI is InChI=1S/C21H25ClN2O3/c22-17-8-6-16(7-9-17)21(19-4-1-2-12-23-19)27-18-10-14-24(15-11-18)13-3-5-20(25)26/h1-2,4,6-9,12,18,21H,3,5,10-11,13-15H2,(H,25,26)/t21-/m1/s1. The second-order valence-electron chi connectivity index (χ2n) is 6.86. The fourth-order valence-corrected chi connectivity index (χ4v) is 3.53. The van der Waals surface area contributed by atoms with Gasteiger partial charge in [-0.05, 0) is 55.6 Å². The first-order valence-corrected chi connectivity index (χ1v) is 9.75. The number of aliphatic carboxylic acids is 1. The van der Waals surface area contributed by atoms with Crippen LogP contribution in [-0.2, 0) is 9.53 Å². The van der Waals surface area contributed by atoms with E-state index in [1.807, 2.05) is 42.5 Å². The Balaban J connectivity index is 1.60. The number of hydrogen-bond acceptors (Lipinski definition) is 4. The Morgan fingerprint density at radius 1 is 1.22 bits per heavy atom. The first-order chi connectivity index (χ1) is 13.1. The van der Waals surface area contributed by atoms with Gasteiger partial charge in [0, 0.05) is 30.7 Å². The minimum absolute atomic E-state index is 0.156. The topological polar surface area (TPSA) is 62.7 Å². The molecule has 0 aliphatic carbocycles. The number of aromatic nitrogens is 1. The molecule has 0 spiro atoms. The van der Waals surface area contributed by atoms with Gasteiger partial charge in [0.1, 0.15) is 6.10 Å². The Bertz CT molecular complexity index is 716. The van der Waals surface area contributed by atoms with Gasteiger partial charge >= 0.3 is 5.97 Å². The van der Waals surface area contributed by atoms with Crippen LogP contribution in [0.3, 0.4) is 0 Å². The first kappa shape index (κ1) is 19.8. The summed E-state index contributed by atoms with van der Waals surface area (Å²) in [7, 11) is 0. The molecule has 1 aliphatic rings. The van der Waals surface area contributed by atoms with Crippen molar-refractivity contribution in [1.82, 2.24) is 9.88 Å². The molecule has 6 heteroatoms. The van der Waals surface area contributed by atoms with Gasteiger partial charge in [-0.2, -0.15) is 0 Å². The lowest BCUT2D eigenvalue weighted by molar-refractivity contribution is -0.137. The van der Waals surface area contributed by atoms with Crippen LogP contribution in [0.25, 0.3) is 0 Å². The molecule has 1 N–H and O–H groups in total. The second-order valence-corrected chi connectivity index (χ2v) is 7.30. The molecule has 1 aromatic carbocycles. The highest BCUT2D eigenvalue weighted by Gasteiger charge is 2.25. The van der Waals surface area contributed by atoms with Crippen molar-refractivity contribution >= 4 is 17.6 Å². The third-order valence-electron chi connectivity index (χ3n) is 4.86. The predicted molar refractivity (Wildman–Crippen MR) is 105 cm³/mol. The van der Waals surface area contributed by atoms with E-state index in [4.69, 9.17) is 21.4 Å². The van der Waals surface area contributed by atoms with Gasteiger partial charge in [0.2, 0.25) is 0 Å². The van der Waals surface area contributed by atoms with Crippen molar-refractivity contribution in [2.45, 2.75) is 37.9 Å². The fourth-order valence-electron chi connectivity index (χ4n) is 3.40. The molecule has 144 valence electrons. The Hall–Kier alpha value is -1.95. The minimum Gasteiger partial charge on any atom is -0.481 e. The summed E-state index contributed by atoms with van der Waals surface area (Å²) in [5.41, 5.74) is 1.94. The number of pyridine rings is 1. The molecule has 0 amide bonds. The third kappa shape index (κ3) is 6.03. The van der Waals surface area contributed by atoms with E-state index in [9.17, 15) is 4.79 Å². The number of likely N-dealkylation sites (tertiary alicyclic amines) is 1. The van der Waals surface area contributed by atoms with Crippen molar-refractivity contribution in [2.24, 2.45) is 0 Å². The number of rotatable bonds is 8. The van der Waals surface area contributed by atoms with E-state index in [1.165, 1.54) is 0 Å². The number of nitrogens with zero attached hydrogens (tertiary/aromatic N) is 2. The number of hydrogen-bond donors (Lipinski definition) is 1. The number of carboxylic acids is 1. The zero-order chi connectivity index (χ0) is 19.1. The van der Waals surface area contributed by atoms with Crippen LogP contribution < -0.4 is 0 Å². The molecule has 3 rings (SSSR count). The Morgan fingerprint density at radius 2 is 1.96 bits per heavy atom. The van der Waals surface area contributed by atoms with Gasteiger partial charge < -0.3 is 14.7 Å². The van der Waals surface area contributed by atoms with Gasteiger partial charge in [0.05, 0.1) is 11.8 Å². The molecule has 0 saturated carbocycles. The molecule has 0 unspecified atom stereocenters. The lowest BCUT2D eigenvalue weighted by Gasteiger charge is -2.34. The first-order valence-electron chi connectivity index (χ1n) is 9.38. The summed E-state index contributed by atoms with van der Waals surface area (Å²) >= 11 is 6.03. The van der Waals surface area contributed by atoms with E-state index < -0.39 is 5.97 Å². The van der Waals surface area contributed by atoms with Crippen LogP contribution in [-0.4, -0.2) is 46.7 Å². The lowest BCUT2D eigenvalue weighted by Crippen LogP contribution is -2.38. The van der Waals surface area contributed by atoms with Crippen LogP contribution in [0.1, 0.15) is 43.0 Å². The highest BCUT2D eigenvalue weighted by Crippen LogP contribution is 2.29. The molecule has 1 atom stereocenters.